The lowest BCUT2D eigenvalue weighted by molar-refractivity contribution is -0.134. The average Bonchev–Trinajstić information content (AvgIpc) is 3.25. The van der Waals surface area contributed by atoms with Crippen molar-refractivity contribution in [3.8, 4) is 5.75 Å². The summed E-state index contributed by atoms with van der Waals surface area (Å²) in [6.07, 6.45) is -0.932. The number of ether oxygens (including phenoxy) is 1. The van der Waals surface area contributed by atoms with E-state index in [4.69, 9.17) is 4.74 Å². The zero-order valence-electron chi connectivity index (χ0n) is 16.3. The second-order valence-corrected chi connectivity index (χ2v) is 7.57. The molecule has 4 rings (SSSR count). The Balaban J connectivity index is 1.51. The van der Waals surface area contributed by atoms with Crippen LogP contribution in [0.25, 0.3) is 0 Å². The van der Waals surface area contributed by atoms with Crippen molar-refractivity contribution >= 4 is 5.91 Å². The molecule has 3 atom stereocenters. The van der Waals surface area contributed by atoms with Gasteiger partial charge >= 0.3 is 5.69 Å². The molecule has 0 unspecified atom stereocenters. The molecule has 2 aromatic rings. The van der Waals surface area contributed by atoms with Crippen molar-refractivity contribution in [2.24, 2.45) is 0 Å². The molecule has 3 heterocycles. The molecule has 1 aromatic carbocycles. The normalized spacial score (nSPS) is 23.8. The number of likely N-dealkylation sites (tertiary alicyclic amines) is 1. The number of fused-ring (bicyclic) bond motifs is 1. The minimum atomic E-state index is -1.66. The Morgan fingerprint density at radius 3 is 2.55 bits per heavy atom. The van der Waals surface area contributed by atoms with Gasteiger partial charge in [-0.05, 0) is 37.0 Å². The monoisotopic (exact) mass is 406 g/mol. The molecule has 0 spiro atoms. The number of aryl methyl sites for hydroxylation is 3. The Kier molecular flexibility index (Phi) is 5.38. The first-order chi connectivity index (χ1) is 14.0. The molecule has 0 bridgehead atoms. The topological polar surface area (TPSA) is 69.4 Å². The number of nitrogens with zero attached hydrogens (tertiary/aromatic N) is 4. The Bertz CT molecular complexity index is 930. The van der Waals surface area contributed by atoms with E-state index in [0.29, 0.717) is 38.1 Å². The van der Waals surface area contributed by atoms with Crippen molar-refractivity contribution in [2.75, 3.05) is 20.2 Å². The van der Waals surface area contributed by atoms with Gasteiger partial charge in [0.1, 0.15) is 17.6 Å². The van der Waals surface area contributed by atoms with Gasteiger partial charge in [0.2, 0.25) is 5.91 Å². The van der Waals surface area contributed by atoms with Crippen LogP contribution in [-0.2, 0) is 24.2 Å². The highest BCUT2D eigenvalue weighted by Crippen LogP contribution is 2.27. The molecule has 29 heavy (non-hydrogen) atoms. The Morgan fingerprint density at radius 2 is 1.90 bits per heavy atom. The van der Waals surface area contributed by atoms with Crippen molar-refractivity contribution in [3.05, 3.63) is 46.1 Å². The highest BCUT2D eigenvalue weighted by atomic mass is 19.2. The molecule has 1 fully saturated rings. The number of carbonyl (C=O) groups excluding carboxylic acids is 1. The molecule has 0 radical (unpaired) electrons. The Morgan fingerprint density at radius 1 is 1.21 bits per heavy atom. The number of alkyl halides is 2. The van der Waals surface area contributed by atoms with Crippen molar-refractivity contribution in [1.29, 1.82) is 0 Å². The maximum absolute atomic E-state index is 13.5. The first-order valence-electron chi connectivity index (χ1n) is 9.86. The lowest BCUT2D eigenvalue weighted by Gasteiger charge is -2.26. The largest absolute Gasteiger partial charge is 0.497 e. The number of hydrogen-bond acceptors (Lipinski definition) is 4. The zero-order valence-corrected chi connectivity index (χ0v) is 16.3. The Labute approximate surface area is 166 Å². The number of rotatable bonds is 5. The van der Waals surface area contributed by atoms with Gasteiger partial charge in [0.05, 0.1) is 26.7 Å². The molecule has 9 heteroatoms. The second-order valence-electron chi connectivity index (χ2n) is 7.57. The number of benzene rings is 1. The molecule has 2 aliphatic rings. The number of aromatic nitrogens is 3. The van der Waals surface area contributed by atoms with Crippen molar-refractivity contribution in [1.82, 2.24) is 19.2 Å². The quantitative estimate of drug-likeness (QED) is 0.758. The number of halogens is 2. The fourth-order valence-corrected chi connectivity index (χ4v) is 4.05. The van der Waals surface area contributed by atoms with Gasteiger partial charge in [-0.1, -0.05) is 12.1 Å². The summed E-state index contributed by atoms with van der Waals surface area (Å²) < 4.78 is 35.0. The number of carbonyl (C=O) groups is 1. The summed E-state index contributed by atoms with van der Waals surface area (Å²) in [5.74, 6) is 0.922. The van der Waals surface area contributed by atoms with Crippen LogP contribution in [0.3, 0.4) is 0 Å². The van der Waals surface area contributed by atoms with E-state index < -0.39 is 24.3 Å². The fraction of sp³-hybridized carbons (Fsp3) is 0.550. The minimum Gasteiger partial charge on any atom is -0.497 e. The molecule has 0 aliphatic carbocycles. The third-order valence-corrected chi connectivity index (χ3v) is 5.68. The summed E-state index contributed by atoms with van der Waals surface area (Å²) >= 11 is 0. The SMILES string of the molecule is COc1ccc(CCn2nc3n(c2=O)[C@H](C(=O)N2C[C@@H](F)[C@@H](F)C2)CCC3)cc1. The predicted molar refractivity (Wildman–Crippen MR) is 102 cm³/mol. The van der Waals surface area contributed by atoms with Crippen LogP contribution in [0.2, 0.25) is 0 Å². The van der Waals surface area contributed by atoms with Gasteiger partial charge in [-0.3, -0.25) is 9.36 Å². The van der Waals surface area contributed by atoms with E-state index in [1.807, 2.05) is 24.3 Å². The fourth-order valence-electron chi connectivity index (χ4n) is 4.05. The van der Waals surface area contributed by atoms with Crippen LogP contribution in [0.15, 0.2) is 29.1 Å². The molecular weight excluding hydrogens is 382 g/mol. The van der Waals surface area contributed by atoms with E-state index in [9.17, 15) is 18.4 Å². The van der Waals surface area contributed by atoms with E-state index >= 15 is 0 Å². The first-order valence-corrected chi connectivity index (χ1v) is 9.86. The van der Waals surface area contributed by atoms with E-state index in [0.717, 1.165) is 11.3 Å². The van der Waals surface area contributed by atoms with E-state index in [1.54, 1.807) is 7.11 Å². The van der Waals surface area contributed by atoms with Crippen molar-refractivity contribution in [3.63, 3.8) is 0 Å². The van der Waals surface area contributed by atoms with E-state index in [-0.39, 0.29) is 18.8 Å². The summed E-state index contributed by atoms with van der Waals surface area (Å²) in [7, 11) is 1.60. The molecule has 2 aliphatic heterocycles. The summed E-state index contributed by atoms with van der Waals surface area (Å²) in [6, 6.07) is 6.84. The van der Waals surface area contributed by atoms with Crippen LogP contribution in [0, 0.1) is 0 Å². The molecule has 0 N–H and O–H groups in total. The zero-order chi connectivity index (χ0) is 20.5. The molecular formula is C20H24F2N4O3. The predicted octanol–water partition coefficient (Wildman–Crippen LogP) is 1.69. The second kappa shape index (κ2) is 7.96. The molecule has 1 amide bonds. The van der Waals surface area contributed by atoms with Crippen LogP contribution in [-0.4, -0.2) is 57.7 Å². The summed E-state index contributed by atoms with van der Waals surface area (Å²) in [4.78, 5) is 26.9. The molecule has 7 nitrogen and oxygen atoms in total. The van der Waals surface area contributed by atoms with Gasteiger partial charge in [0.25, 0.3) is 0 Å². The lowest BCUT2D eigenvalue weighted by atomic mass is 10.0. The minimum absolute atomic E-state index is 0.258. The third kappa shape index (κ3) is 3.77. The number of methoxy groups -OCH3 is 1. The van der Waals surface area contributed by atoms with Crippen LogP contribution >= 0.6 is 0 Å². The van der Waals surface area contributed by atoms with Gasteiger partial charge in [0.15, 0.2) is 12.3 Å². The molecule has 156 valence electrons. The number of hydrogen-bond donors (Lipinski definition) is 0. The highest BCUT2D eigenvalue weighted by Gasteiger charge is 2.40. The maximum atomic E-state index is 13.5. The van der Waals surface area contributed by atoms with Gasteiger partial charge in [-0.25, -0.2) is 18.3 Å². The first kappa shape index (κ1) is 19.6. The molecule has 1 saturated heterocycles. The van der Waals surface area contributed by atoms with Gasteiger partial charge in [-0.2, -0.15) is 5.10 Å². The van der Waals surface area contributed by atoms with Crippen LogP contribution in [0.5, 0.6) is 5.75 Å². The molecule has 1 aromatic heterocycles. The van der Waals surface area contributed by atoms with Gasteiger partial charge in [-0.15, -0.1) is 0 Å². The summed E-state index contributed by atoms with van der Waals surface area (Å²) in [5.41, 5.74) is 0.690. The number of amides is 1. The molecule has 0 saturated carbocycles. The average molecular weight is 406 g/mol. The summed E-state index contributed by atoms with van der Waals surface area (Å²) in [6.45, 7) is -0.132. The smallest absolute Gasteiger partial charge is 0.346 e. The third-order valence-electron chi connectivity index (χ3n) is 5.68. The standard InChI is InChI=1S/C20H24F2N4O3/c1-29-14-7-5-13(6-8-14)9-10-25-20(28)26-17(3-2-4-18(26)23-25)19(27)24-11-15(21)16(22)12-24/h5-8,15-17H,2-4,9-12H2,1H3/t15-,16+,17-/m0/s1. The van der Waals surface area contributed by atoms with Crippen molar-refractivity contribution in [2.45, 2.75) is 50.6 Å². The van der Waals surface area contributed by atoms with Gasteiger partial charge < -0.3 is 9.64 Å². The van der Waals surface area contributed by atoms with Crippen LogP contribution in [0.1, 0.15) is 30.3 Å². The lowest BCUT2D eigenvalue weighted by Crippen LogP contribution is -2.42. The van der Waals surface area contributed by atoms with Gasteiger partial charge in [0, 0.05) is 6.42 Å². The summed E-state index contributed by atoms with van der Waals surface area (Å²) in [5, 5.41) is 4.41. The van der Waals surface area contributed by atoms with Crippen LogP contribution in [0.4, 0.5) is 8.78 Å². The maximum Gasteiger partial charge on any atom is 0.346 e. The van der Waals surface area contributed by atoms with Crippen LogP contribution < -0.4 is 10.4 Å². The van der Waals surface area contributed by atoms with E-state index in [1.165, 1.54) is 14.1 Å². The Hall–Kier alpha value is -2.71. The van der Waals surface area contributed by atoms with Crippen molar-refractivity contribution < 1.29 is 18.3 Å². The van der Waals surface area contributed by atoms with E-state index in [2.05, 4.69) is 5.10 Å². The highest BCUT2D eigenvalue weighted by molar-refractivity contribution is 5.81.